The lowest BCUT2D eigenvalue weighted by Crippen LogP contribution is -1.98. The van der Waals surface area contributed by atoms with Gasteiger partial charge in [-0.1, -0.05) is 6.07 Å². The lowest BCUT2D eigenvalue weighted by molar-refractivity contribution is 0.622. The molecule has 1 N–H and O–H groups in total. The predicted molar refractivity (Wildman–Crippen MR) is 55.8 cm³/mol. The second kappa shape index (κ2) is 4.19. The van der Waals surface area contributed by atoms with Crippen LogP contribution in [0.25, 0.3) is 0 Å². The summed E-state index contributed by atoms with van der Waals surface area (Å²) in [5.41, 5.74) is 0.707. The van der Waals surface area contributed by atoms with Gasteiger partial charge < -0.3 is 5.32 Å². The second-order valence-corrected chi connectivity index (χ2v) is 3.86. The highest BCUT2D eigenvalue weighted by Gasteiger charge is 1.96. The smallest absolute Gasteiger partial charge is 0.143 e. The SMILES string of the molecule is Fc1cncc(NCc2cccs2)c1. The summed E-state index contributed by atoms with van der Waals surface area (Å²) in [7, 11) is 0. The van der Waals surface area contributed by atoms with Crippen LogP contribution >= 0.6 is 11.3 Å². The lowest BCUT2D eigenvalue weighted by Gasteiger charge is -2.03. The highest BCUT2D eigenvalue weighted by molar-refractivity contribution is 7.09. The van der Waals surface area contributed by atoms with Gasteiger partial charge in [0, 0.05) is 17.5 Å². The first-order chi connectivity index (χ1) is 6.84. The topological polar surface area (TPSA) is 24.9 Å². The summed E-state index contributed by atoms with van der Waals surface area (Å²) < 4.78 is 12.7. The summed E-state index contributed by atoms with van der Waals surface area (Å²) in [6.07, 6.45) is 2.80. The van der Waals surface area contributed by atoms with E-state index in [1.807, 2.05) is 17.5 Å². The van der Waals surface area contributed by atoms with Gasteiger partial charge in [0.05, 0.1) is 18.1 Å². The normalized spacial score (nSPS) is 10.1. The Balaban J connectivity index is 1.98. The maximum atomic E-state index is 12.7. The third kappa shape index (κ3) is 2.29. The zero-order chi connectivity index (χ0) is 9.80. The second-order valence-electron chi connectivity index (χ2n) is 2.82. The van der Waals surface area contributed by atoms with E-state index in [9.17, 15) is 4.39 Å². The Kier molecular flexibility index (Phi) is 2.74. The molecule has 2 aromatic heterocycles. The van der Waals surface area contributed by atoms with Crippen LogP contribution in [0.4, 0.5) is 10.1 Å². The molecule has 2 rings (SSSR count). The summed E-state index contributed by atoms with van der Waals surface area (Å²) in [6.45, 7) is 0.711. The number of halogens is 1. The average molecular weight is 208 g/mol. The summed E-state index contributed by atoms with van der Waals surface area (Å²) in [5.74, 6) is -0.318. The molecule has 14 heavy (non-hydrogen) atoms. The molecule has 0 bridgehead atoms. The number of thiophene rings is 1. The van der Waals surface area contributed by atoms with E-state index in [0.29, 0.717) is 12.2 Å². The van der Waals surface area contributed by atoms with Gasteiger partial charge in [-0.05, 0) is 11.4 Å². The van der Waals surface area contributed by atoms with Crippen LogP contribution in [0, 0.1) is 5.82 Å². The molecule has 0 saturated heterocycles. The molecule has 4 heteroatoms. The van der Waals surface area contributed by atoms with Crippen molar-refractivity contribution in [3.05, 3.63) is 46.7 Å². The highest BCUT2D eigenvalue weighted by Crippen LogP contribution is 2.12. The molecule has 0 radical (unpaired) electrons. The molecule has 0 aliphatic carbocycles. The zero-order valence-electron chi connectivity index (χ0n) is 7.40. The van der Waals surface area contributed by atoms with Crippen molar-refractivity contribution in [1.29, 1.82) is 0 Å². The summed E-state index contributed by atoms with van der Waals surface area (Å²) in [6, 6.07) is 5.45. The van der Waals surface area contributed by atoms with Crippen LogP contribution in [0.3, 0.4) is 0 Å². The molecule has 2 heterocycles. The first kappa shape index (κ1) is 9.15. The van der Waals surface area contributed by atoms with E-state index in [1.165, 1.54) is 17.1 Å². The standard InChI is InChI=1S/C10H9FN2S/c11-8-4-9(6-12-5-8)13-7-10-2-1-3-14-10/h1-6,13H,7H2. The minimum Gasteiger partial charge on any atom is -0.379 e. The number of nitrogens with zero attached hydrogens (tertiary/aromatic N) is 1. The van der Waals surface area contributed by atoms with Gasteiger partial charge in [0.1, 0.15) is 5.82 Å². The molecule has 0 fully saturated rings. The highest BCUT2D eigenvalue weighted by atomic mass is 32.1. The van der Waals surface area contributed by atoms with Crippen LogP contribution in [0.2, 0.25) is 0 Å². The van der Waals surface area contributed by atoms with Crippen molar-refractivity contribution in [2.24, 2.45) is 0 Å². The van der Waals surface area contributed by atoms with Gasteiger partial charge in [0.15, 0.2) is 0 Å². The van der Waals surface area contributed by atoms with Crippen LogP contribution in [0.1, 0.15) is 4.88 Å². The van der Waals surface area contributed by atoms with E-state index in [2.05, 4.69) is 10.3 Å². The molecular formula is C10H9FN2S. The van der Waals surface area contributed by atoms with E-state index >= 15 is 0 Å². The van der Waals surface area contributed by atoms with E-state index in [4.69, 9.17) is 0 Å². The average Bonchev–Trinajstić information content (AvgIpc) is 2.67. The maximum absolute atomic E-state index is 12.7. The van der Waals surface area contributed by atoms with Gasteiger partial charge in [-0.25, -0.2) is 4.39 Å². The van der Waals surface area contributed by atoms with Crippen LogP contribution in [-0.4, -0.2) is 4.98 Å². The zero-order valence-corrected chi connectivity index (χ0v) is 8.22. The van der Waals surface area contributed by atoms with Gasteiger partial charge in [-0.3, -0.25) is 4.98 Å². The van der Waals surface area contributed by atoms with Crippen LogP contribution in [-0.2, 0) is 6.54 Å². The molecule has 0 spiro atoms. The van der Waals surface area contributed by atoms with Crippen LogP contribution in [0.5, 0.6) is 0 Å². The van der Waals surface area contributed by atoms with E-state index < -0.39 is 0 Å². The van der Waals surface area contributed by atoms with E-state index in [1.54, 1.807) is 17.5 Å². The Bertz CT molecular complexity index is 400. The number of aromatic nitrogens is 1. The molecule has 0 unspecified atom stereocenters. The quantitative estimate of drug-likeness (QED) is 0.838. The maximum Gasteiger partial charge on any atom is 0.143 e. The summed E-state index contributed by atoms with van der Waals surface area (Å²) >= 11 is 1.67. The molecule has 0 aliphatic rings. The lowest BCUT2D eigenvalue weighted by atomic mass is 10.4. The minimum atomic E-state index is -0.318. The van der Waals surface area contributed by atoms with Crippen molar-refractivity contribution in [3.63, 3.8) is 0 Å². The largest absolute Gasteiger partial charge is 0.379 e. The third-order valence-corrected chi connectivity index (χ3v) is 2.63. The first-order valence-corrected chi connectivity index (χ1v) is 5.09. The number of anilines is 1. The molecular weight excluding hydrogens is 199 g/mol. The fourth-order valence-corrected chi connectivity index (χ4v) is 1.76. The number of pyridine rings is 1. The molecule has 0 aliphatic heterocycles. The Morgan fingerprint density at radius 3 is 3.07 bits per heavy atom. The molecule has 0 atom stereocenters. The van der Waals surface area contributed by atoms with E-state index in [-0.39, 0.29) is 5.82 Å². The first-order valence-electron chi connectivity index (χ1n) is 4.21. The van der Waals surface area contributed by atoms with Gasteiger partial charge in [-0.15, -0.1) is 11.3 Å². The minimum absolute atomic E-state index is 0.318. The van der Waals surface area contributed by atoms with Crippen molar-refractivity contribution in [3.8, 4) is 0 Å². The van der Waals surface area contributed by atoms with E-state index in [0.717, 1.165) is 0 Å². The molecule has 0 aromatic carbocycles. The van der Waals surface area contributed by atoms with Crippen LogP contribution in [0.15, 0.2) is 36.0 Å². The number of nitrogens with one attached hydrogen (secondary N) is 1. The molecule has 0 amide bonds. The number of hydrogen-bond donors (Lipinski definition) is 1. The van der Waals surface area contributed by atoms with Crippen molar-refractivity contribution in [2.45, 2.75) is 6.54 Å². The predicted octanol–water partition coefficient (Wildman–Crippen LogP) is 2.89. The molecule has 2 nitrogen and oxygen atoms in total. The van der Waals surface area contributed by atoms with Gasteiger partial charge in [0.25, 0.3) is 0 Å². The summed E-state index contributed by atoms with van der Waals surface area (Å²) in [5, 5.41) is 5.11. The molecule has 0 saturated carbocycles. The van der Waals surface area contributed by atoms with Crippen molar-refractivity contribution in [1.82, 2.24) is 4.98 Å². The van der Waals surface area contributed by atoms with Crippen molar-refractivity contribution in [2.75, 3.05) is 5.32 Å². The fraction of sp³-hybridized carbons (Fsp3) is 0.100. The Morgan fingerprint density at radius 2 is 2.36 bits per heavy atom. The Labute approximate surface area is 85.4 Å². The fourth-order valence-electron chi connectivity index (χ4n) is 1.11. The molecule has 72 valence electrons. The Morgan fingerprint density at radius 1 is 1.43 bits per heavy atom. The van der Waals surface area contributed by atoms with Crippen LogP contribution < -0.4 is 5.32 Å². The summed E-state index contributed by atoms with van der Waals surface area (Å²) in [4.78, 5) is 4.97. The monoisotopic (exact) mass is 208 g/mol. The number of rotatable bonds is 3. The van der Waals surface area contributed by atoms with Gasteiger partial charge in [-0.2, -0.15) is 0 Å². The van der Waals surface area contributed by atoms with Crippen molar-refractivity contribution >= 4 is 17.0 Å². The Hall–Kier alpha value is -1.42. The molecule has 2 aromatic rings. The third-order valence-electron chi connectivity index (χ3n) is 1.75. The van der Waals surface area contributed by atoms with Gasteiger partial charge >= 0.3 is 0 Å². The van der Waals surface area contributed by atoms with Gasteiger partial charge in [0.2, 0.25) is 0 Å². The van der Waals surface area contributed by atoms with Crippen molar-refractivity contribution < 1.29 is 4.39 Å². The number of hydrogen-bond acceptors (Lipinski definition) is 3.